The second kappa shape index (κ2) is 8.79. The Labute approximate surface area is 172 Å². The summed E-state index contributed by atoms with van der Waals surface area (Å²) < 4.78 is 5.34. The second-order valence-electron chi connectivity index (χ2n) is 6.44. The van der Waals surface area contributed by atoms with Gasteiger partial charge in [-0.2, -0.15) is 0 Å². The highest BCUT2D eigenvalue weighted by molar-refractivity contribution is 7.17. The van der Waals surface area contributed by atoms with Gasteiger partial charge in [-0.15, -0.1) is 11.3 Å². The summed E-state index contributed by atoms with van der Waals surface area (Å²) in [6, 6.07) is 16.2. The van der Waals surface area contributed by atoms with Gasteiger partial charge in [-0.25, -0.2) is 9.78 Å². The molecule has 1 heterocycles. The van der Waals surface area contributed by atoms with E-state index in [1.54, 1.807) is 31.2 Å². The van der Waals surface area contributed by atoms with Crippen LogP contribution in [-0.4, -0.2) is 28.7 Å². The van der Waals surface area contributed by atoms with Crippen LogP contribution in [0.4, 0.5) is 5.69 Å². The SMILES string of the molecule is CC(=O)c1ccccc1NC(=O)[C@H](C)OC(=O)c1sc(-c2ccccc2)nc1C. The van der Waals surface area contributed by atoms with Gasteiger partial charge in [-0.1, -0.05) is 42.5 Å². The second-order valence-corrected chi connectivity index (χ2v) is 7.44. The molecule has 1 aromatic heterocycles. The van der Waals surface area contributed by atoms with E-state index in [0.717, 1.165) is 5.56 Å². The summed E-state index contributed by atoms with van der Waals surface area (Å²) in [6.45, 7) is 4.64. The molecule has 0 aliphatic carbocycles. The van der Waals surface area contributed by atoms with E-state index in [-0.39, 0.29) is 5.78 Å². The number of carbonyl (C=O) groups is 3. The molecule has 0 saturated heterocycles. The van der Waals surface area contributed by atoms with E-state index in [0.29, 0.717) is 26.8 Å². The summed E-state index contributed by atoms with van der Waals surface area (Å²) in [5.74, 6) is -1.29. The topological polar surface area (TPSA) is 85.4 Å². The number of anilines is 1. The fourth-order valence-corrected chi connectivity index (χ4v) is 3.65. The Morgan fingerprint density at radius 1 is 1.03 bits per heavy atom. The summed E-state index contributed by atoms with van der Waals surface area (Å²) in [5.41, 5.74) is 2.23. The van der Waals surface area contributed by atoms with Crippen molar-refractivity contribution in [3.05, 3.63) is 70.7 Å². The molecular formula is C22H20N2O4S. The molecule has 0 saturated carbocycles. The van der Waals surface area contributed by atoms with Crippen molar-refractivity contribution in [2.75, 3.05) is 5.32 Å². The number of nitrogens with zero attached hydrogens (tertiary/aromatic N) is 1. The van der Waals surface area contributed by atoms with Crippen LogP contribution in [0.2, 0.25) is 0 Å². The van der Waals surface area contributed by atoms with Crippen molar-refractivity contribution < 1.29 is 19.1 Å². The molecule has 0 fully saturated rings. The van der Waals surface area contributed by atoms with Crippen molar-refractivity contribution in [3.63, 3.8) is 0 Å². The molecular weight excluding hydrogens is 388 g/mol. The molecule has 3 aromatic rings. The summed E-state index contributed by atoms with van der Waals surface area (Å²) >= 11 is 1.22. The van der Waals surface area contributed by atoms with E-state index in [1.165, 1.54) is 25.2 Å². The van der Waals surface area contributed by atoms with Gasteiger partial charge in [0.15, 0.2) is 11.9 Å². The van der Waals surface area contributed by atoms with Crippen LogP contribution < -0.4 is 5.32 Å². The molecule has 1 N–H and O–H groups in total. The van der Waals surface area contributed by atoms with E-state index < -0.39 is 18.0 Å². The molecule has 0 unspecified atom stereocenters. The predicted molar refractivity (Wildman–Crippen MR) is 112 cm³/mol. The minimum Gasteiger partial charge on any atom is -0.448 e. The third kappa shape index (κ3) is 4.75. The van der Waals surface area contributed by atoms with Crippen molar-refractivity contribution in [1.82, 2.24) is 4.98 Å². The van der Waals surface area contributed by atoms with Crippen LogP contribution in [0.1, 0.15) is 39.6 Å². The first kappa shape index (κ1) is 20.4. The van der Waals surface area contributed by atoms with Gasteiger partial charge in [-0.05, 0) is 32.9 Å². The summed E-state index contributed by atoms with van der Waals surface area (Å²) in [4.78, 5) is 41.5. The number of rotatable bonds is 6. The van der Waals surface area contributed by atoms with Gasteiger partial charge in [0.1, 0.15) is 9.88 Å². The number of Topliss-reactive ketones (excluding diaryl/α,β-unsaturated/α-hetero) is 1. The molecule has 7 heteroatoms. The lowest BCUT2D eigenvalue weighted by Crippen LogP contribution is -2.30. The van der Waals surface area contributed by atoms with Gasteiger partial charge >= 0.3 is 5.97 Å². The highest BCUT2D eigenvalue weighted by Gasteiger charge is 2.24. The zero-order chi connectivity index (χ0) is 21.0. The van der Waals surface area contributed by atoms with Gasteiger partial charge in [0.2, 0.25) is 0 Å². The molecule has 29 heavy (non-hydrogen) atoms. The van der Waals surface area contributed by atoms with Crippen molar-refractivity contribution >= 4 is 34.7 Å². The van der Waals surface area contributed by atoms with E-state index >= 15 is 0 Å². The molecule has 0 aliphatic heterocycles. The van der Waals surface area contributed by atoms with Gasteiger partial charge in [-0.3, -0.25) is 9.59 Å². The number of benzene rings is 2. The lowest BCUT2D eigenvalue weighted by Gasteiger charge is -2.14. The van der Waals surface area contributed by atoms with Crippen LogP contribution in [-0.2, 0) is 9.53 Å². The number of aromatic nitrogens is 1. The number of hydrogen-bond acceptors (Lipinski definition) is 6. The van der Waals surface area contributed by atoms with Crippen LogP contribution in [0, 0.1) is 6.92 Å². The molecule has 1 amide bonds. The number of ketones is 1. The molecule has 148 valence electrons. The maximum atomic E-state index is 12.6. The fraction of sp³-hybridized carbons (Fsp3) is 0.182. The van der Waals surface area contributed by atoms with E-state index in [4.69, 9.17) is 4.74 Å². The molecule has 0 bridgehead atoms. The molecule has 6 nitrogen and oxygen atoms in total. The number of aryl methyl sites for hydroxylation is 1. The lowest BCUT2D eigenvalue weighted by atomic mass is 10.1. The van der Waals surface area contributed by atoms with E-state index in [1.807, 2.05) is 30.3 Å². The van der Waals surface area contributed by atoms with Crippen molar-refractivity contribution in [2.45, 2.75) is 26.9 Å². The molecule has 0 radical (unpaired) electrons. The monoisotopic (exact) mass is 408 g/mol. The number of thiazole rings is 1. The first-order valence-corrected chi connectivity index (χ1v) is 9.83. The van der Waals surface area contributed by atoms with Crippen molar-refractivity contribution in [2.24, 2.45) is 0 Å². The number of hydrogen-bond donors (Lipinski definition) is 1. The maximum Gasteiger partial charge on any atom is 0.351 e. The average molecular weight is 408 g/mol. The first-order chi connectivity index (χ1) is 13.9. The maximum absolute atomic E-state index is 12.6. The lowest BCUT2D eigenvalue weighted by molar-refractivity contribution is -0.123. The third-order valence-electron chi connectivity index (χ3n) is 4.22. The van der Waals surface area contributed by atoms with Crippen LogP contribution in [0.25, 0.3) is 10.6 Å². The zero-order valence-corrected chi connectivity index (χ0v) is 17.1. The minimum absolute atomic E-state index is 0.167. The number of esters is 1. The Morgan fingerprint density at radius 3 is 2.38 bits per heavy atom. The normalized spacial score (nSPS) is 11.6. The summed E-state index contributed by atoms with van der Waals surface area (Å²) in [7, 11) is 0. The number of para-hydroxylation sites is 1. The number of ether oxygens (including phenoxy) is 1. The Balaban J connectivity index is 1.70. The van der Waals surface area contributed by atoms with Crippen LogP contribution in [0.5, 0.6) is 0 Å². The minimum atomic E-state index is -1.04. The fourth-order valence-electron chi connectivity index (χ4n) is 2.69. The highest BCUT2D eigenvalue weighted by atomic mass is 32.1. The number of nitrogens with one attached hydrogen (secondary N) is 1. The predicted octanol–water partition coefficient (Wildman–Crippen LogP) is 4.51. The van der Waals surface area contributed by atoms with Crippen LogP contribution >= 0.6 is 11.3 Å². The highest BCUT2D eigenvalue weighted by Crippen LogP contribution is 2.28. The van der Waals surface area contributed by atoms with Gasteiger partial charge in [0, 0.05) is 11.1 Å². The Morgan fingerprint density at radius 2 is 1.69 bits per heavy atom. The average Bonchev–Trinajstić information content (AvgIpc) is 3.10. The quantitative estimate of drug-likeness (QED) is 0.479. The molecule has 3 rings (SSSR count). The van der Waals surface area contributed by atoms with Crippen molar-refractivity contribution in [3.8, 4) is 10.6 Å². The van der Waals surface area contributed by atoms with Gasteiger partial charge in [0.05, 0.1) is 11.4 Å². The molecule has 2 aromatic carbocycles. The molecule has 0 spiro atoms. The summed E-state index contributed by atoms with van der Waals surface area (Å²) in [6.07, 6.45) is -1.04. The summed E-state index contributed by atoms with van der Waals surface area (Å²) in [5, 5.41) is 3.36. The zero-order valence-electron chi connectivity index (χ0n) is 16.3. The van der Waals surface area contributed by atoms with E-state index in [9.17, 15) is 14.4 Å². The van der Waals surface area contributed by atoms with E-state index in [2.05, 4.69) is 10.3 Å². The van der Waals surface area contributed by atoms with Crippen LogP contribution in [0.3, 0.4) is 0 Å². The number of amides is 1. The Hall–Kier alpha value is -3.32. The molecule has 1 atom stereocenters. The van der Waals surface area contributed by atoms with Crippen molar-refractivity contribution in [1.29, 1.82) is 0 Å². The largest absolute Gasteiger partial charge is 0.448 e. The van der Waals surface area contributed by atoms with Gasteiger partial charge in [0.25, 0.3) is 5.91 Å². The Bertz CT molecular complexity index is 1060. The smallest absolute Gasteiger partial charge is 0.351 e. The first-order valence-electron chi connectivity index (χ1n) is 9.01. The standard InChI is InChI=1S/C22H20N2O4S/c1-13-19(29-21(23-13)16-9-5-4-6-10-16)22(27)28-15(3)20(26)24-18-12-8-7-11-17(18)14(2)25/h4-12,15H,1-3H3,(H,24,26)/t15-/m0/s1. The Kier molecular flexibility index (Phi) is 6.19. The van der Waals surface area contributed by atoms with Crippen LogP contribution in [0.15, 0.2) is 54.6 Å². The molecule has 0 aliphatic rings. The number of carbonyl (C=O) groups excluding carboxylic acids is 3. The third-order valence-corrected chi connectivity index (χ3v) is 5.41. The van der Waals surface area contributed by atoms with Gasteiger partial charge < -0.3 is 10.1 Å².